The van der Waals surface area contributed by atoms with E-state index in [9.17, 15) is 0 Å². The van der Waals surface area contributed by atoms with Gasteiger partial charge in [0.15, 0.2) is 0 Å². The van der Waals surface area contributed by atoms with Crippen LogP contribution in [0.4, 0.5) is 0 Å². The predicted molar refractivity (Wildman–Crippen MR) is 229 cm³/mol. The molecule has 1 atom stereocenters. The summed E-state index contributed by atoms with van der Waals surface area (Å²) in [6.45, 7) is 0. The van der Waals surface area contributed by atoms with Crippen molar-refractivity contribution in [2.75, 3.05) is 0 Å². The molecule has 0 radical (unpaired) electrons. The molecule has 7 aromatic rings. The minimum atomic E-state index is -0.480. The highest BCUT2D eigenvalue weighted by Crippen LogP contribution is 2.44. The highest BCUT2D eigenvalue weighted by Gasteiger charge is 2.33. The fourth-order valence-electron chi connectivity index (χ4n) is 7.59. The van der Waals surface area contributed by atoms with Gasteiger partial charge in [0.05, 0.1) is 0 Å². The van der Waals surface area contributed by atoms with Crippen molar-refractivity contribution in [3.05, 3.63) is 293 Å². The lowest BCUT2D eigenvalue weighted by molar-refractivity contribution is 0.657. The number of benzene rings is 7. The summed E-state index contributed by atoms with van der Waals surface area (Å²) in [5.74, 6) is 0. The van der Waals surface area contributed by atoms with E-state index in [2.05, 4.69) is 243 Å². The number of allylic oxidation sites excluding steroid dienone is 7. The van der Waals surface area contributed by atoms with Gasteiger partial charge in [-0.25, -0.2) is 0 Å². The van der Waals surface area contributed by atoms with Crippen LogP contribution in [0, 0.1) is 0 Å². The summed E-state index contributed by atoms with van der Waals surface area (Å²) in [7, 11) is 0. The van der Waals surface area contributed by atoms with Gasteiger partial charge in [-0.3, -0.25) is 0 Å². The van der Waals surface area contributed by atoms with Crippen molar-refractivity contribution >= 4 is 16.7 Å². The Hall–Kier alpha value is -6.76. The lowest BCUT2D eigenvalue weighted by atomic mass is 9.69. The van der Waals surface area contributed by atoms with E-state index in [1.165, 1.54) is 61.2 Å². The van der Waals surface area contributed by atoms with Crippen LogP contribution in [0.15, 0.2) is 254 Å². The van der Waals surface area contributed by atoms with Gasteiger partial charge in [-0.2, -0.15) is 0 Å². The molecule has 0 nitrogen and oxygen atoms in total. The maximum atomic E-state index is 2.52. The third-order valence-electron chi connectivity index (χ3n) is 10.1. The van der Waals surface area contributed by atoms with Crippen molar-refractivity contribution in [2.24, 2.45) is 0 Å². The van der Waals surface area contributed by atoms with E-state index in [0.717, 1.165) is 12.0 Å². The molecule has 0 aromatic heterocycles. The molecular weight excluding hydrogens is 649 g/mol. The standard InChI is InChI=1S/C54H42/c1-8-22-44(23-9-1)51(45-24-10-2-11-25-45)37-42-36-43(38-52(46-26-12-3-13-27-46)47-28-14-4-15-29-47)40-54(39-42,50-34-20-7-21-35-50)41-53(48-30-16-5-17-31-48)49-32-18-6-19-33-49/h1-39,41H,40H2. The molecule has 1 aliphatic rings. The minimum absolute atomic E-state index is 0.480. The largest absolute Gasteiger partial charge is 0.0625 e. The first-order valence-corrected chi connectivity index (χ1v) is 18.7. The Balaban J connectivity index is 1.42. The van der Waals surface area contributed by atoms with Crippen LogP contribution in [0.1, 0.15) is 45.4 Å². The van der Waals surface area contributed by atoms with Crippen LogP contribution >= 0.6 is 0 Å². The summed E-state index contributed by atoms with van der Waals surface area (Å²) in [5.41, 5.74) is 13.9. The van der Waals surface area contributed by atoms with E-state index >= 15 is 0 Å². The number of hydrogen-bond acceptors (Lipinski definition) is 0. The molecule has 0 bridgehead atoms. The molecule has 0 spiro atoms. The molecule has 8 rings (SSSR count). The third kappa shape index (κ3) is 7.84. The van der Waals surface area contributed by atoms with Gasteiger partial charge in [0.2, 0.25) is 0 Å². The van der Waals surface area contributed by atoms with E-state index in [1.807, 2.05) is 0 Å². The zero-order valence-electron chi connectivity index (χ0n) is 30.3. The van der Waals surface area contributed by atoms with Crippen LogP contribution in [0.2, 0.25) is 0 Å². The van der Waals surface area contributed by atoms with Crippen molar-refractivity contribution in [3.8, 4) is 0 Å². The molecule has 0 saturated carbocycles. The maximum Gasteiger partial charge on any atom is 0.0370 e. The topological polar surface area (TPSA) is 0 Å². The summed E-state index contributed by atoms with van der Waals surface area (Å²) in [5, 5.41) is 0. The number of rotatable bonds is 10. The normalized spacial score (nSPS) is 14.9. The zero-order valence-corrected chi connectivity index (χ0v) is 30.3. The molecule has 0 heteroatoms. The highest BCUT2D eigenvalue weighted by atomic mass is 14.4. The Morgan fingerprint density at radius 2 is 0.667 bits per heavy atom. The summed E-state index contributed by atoms with van der Waals surface area (Å²) in [6.07, 6.45) is 13.0. The van der Waals surface area contributed by atoms with Crippen molar-refractivity contribution in [1.82, 2.24) is 0 Å². The molecule has 1 unspecified atom stereocenters. The molecule has 54 heavy (non-hydrogen) atoms. The van der Waals surface area contributed by atoms with Gasteiger partial charge in [-0.15, -0.1) is 0 Å². The second kappa shape index (κ2) is 16.3. The summed E-state index contributed by atoms with van der Waals surface area (Å²) < 4.78 is 0. The fourth-order valence-corrected chi connectivity index (χ4v) is 7.59. The molecule has 0 N–H and O–H groups in total. The van der Waals surface area contributed by atoms with E-state index in [4.69, 9.17) is 0 Å². The molecular formula is C54H42. The first-order valence-electron chi connectivity index (χ1n) is 18.7. The van der Waals surface area contributed by atoms with Crippen LogP contribution in [0.5, 0.6) is 0 Å². The fraction of sp³-hybridized carbons (Fsp3) is 0.0370. The first kappa shape index (κ1) is 34.3. The molecule has 1 aliphatic carbocycles. The molecule has 7 aromatic carbocycles. The van der Waals surface area contributed by atoms with Gasteiger partial charge in [0, 0.05) is 5.41 Å². The summed E-state index contributed by atoms with van der Waals surface area (Å²) >= 11 is 0. The maximum absolute atomic E-state index is 2.52. The molecule has 0 saturated heterocycles. The van der Waals surface area contributed by atoms with Crippen LogP contribution in [0.25, 0.3) is 16.7 Å². The molecule has 0 fully saturated rings. The zero-order chi connectivity index (χ0) is 36.4. The average Bonchev–Trinajstić information content (AvgIpc) is 3.26. The van der Waals surface area contributed by atoms with Crippen molar-refractivity contribution < 1.29 is 0 Å². The van der Waals surface area contributed by atoms with Crippen molar-refractivity contribution in [1.29, 1.82) is 0 Å². The SMILES string of the molecule is C1=C(C=C(c2ccccc2)c2ccccc2)C=C(C=C(c2ccccc2)c2ccccc2)CC1(C=C(c1ccccc1)c1ccccc1)c1ccccc1. The van der Waals surface area contributed by atoms with E-state index < -0.39 is 5.41 Å². The van der Waals surface area contributed by atoms with Gasteiger partial charge >= 0.3 is 0 Å². The predicted octanol–water partition coefficient (Wildman–Crippen LogP) is 13.6. The lowest BCUT2D eigenvalue weighted by Crippen LogP contribution is -2.25. The Morgan fingerprint density at radius 3 is 1.04 bits per heavy atom. The minimum Gasteiger partial charge on any atom is -0.0625 e. The Labute approximate surface area is 320 Å². The Bertz CT molecular complexity index is 2310. The van der Waals surface area contributed by atoms with E-state index in [0.29, 0.717) is 0 Å². The molecule has 0 amide bonds. The van der Waals surface area contributed by atoms with Gasteiger partial charge in [0.1, 0.15) is 0 Å². The summed E-state index contributed by atoms with van der Waals surface area (Å²) in [4.78, 5) is 0. The summed E-state index contributed by atoms with van der Waals surface area (Å²) in [6, 6.07) is 75.8. The van der Waals surface area contributed by atoms with E-state index in [-0.39, 0.29) is 0 Å². The van der Waals surface area contributed by atoms with Gasteiger partial charge < -0.3 is 0 Å². The van der Waals surface area contributed by atoms with Crippen LogP contribution < -0.4 is 0 Å². The molecule has 258 valence electrons. The highest BCUT2D eigenvalue weighted by molar-refractivity contribution is 5.85. The van der Waals surface area contributed by atoms with Gasteiger partial charge in [-0.1, -0.05) is 237 Å². The lowest BCUT2D eigenvalue weighted by Gasteiger charge is -2.34. The third-order valence-corrected chi connectivity index (χ3v) is 10.1. The second-order valence-corrected chi connectivity index (χ2v) is 13.8. The molecule has 0 heterocycles. The van der Waals surface area contributed by atoms with Crippen LogP contribution in [-0.4, -0.2) is 0 Å². The smallest absolute Gasteiger partial charge is 0.0370 e. The average molecular weight is 691 g/mol. The van der Waals surface area contributed by atoms with Gasteiger partial charge in [-0.05, 0) is 79.3 Å². The van der Waals surface area contributed by atoms with Crippen LogP contribution in [-0.2, 0) is 5.41 Å². The molecule has 0 aliphatic heterocycles. The second-order valence-electron chi connectivity index (χ2n) is 13.8. The Morgan fingerprint density at radius 1 is 0.352 bits per heavy atom. The van der Waals surface area contributed by atoms with Crippen LogP contribution in [0.3, 0.4) is 0 Å². The number of hydrogen-bond donors (Lipinski definition) is 0. The van der Waals surface area contributed by atoms with Gasteiger partial charge in [0.25, 0.3) is 0 Å². The monoisotopic (exact) mass is 690 g/mol. The van der Waals surface area contributed by atoms with Crippen molar-refractivity contribution in [3.63, 3.8) is 0 Å². The Kier molecular flexibility index (Phi) is 10.4. The van der Waals surface area contributed by atoms with Crippen molar-refractivity contribution in [2.45, 2.75) is 11.8 Å². The quantitative estimate of drug-likeness (QED) is 0.134. The van der Waals surface area contributed by atoms with E-state index in [1.54, 1.807) is 0 Å². The first-order chi connectivity index (χ1) is 26.7.